The number of amides is 1. The molecule has 0 aliphatic rings. The molecule has 2 aromatic heterocycles. The van der Waals surface area contributed by atoms with Gasteiger partial charge in [-0.2, -0.15) is 0 Å². The van der Waals surface area contributed by atoms with E-state index < -0.39 is 12.1 Å². The van der Waals surface area contributed by atoms with Gasteiger partial charge in [0.25, 0.3) is 0 Å². The molecule has 0 saturated heterocycles. The van der Waals surface area contributed by atoms with Gasteiger partial charge in [-0.1, -0.05) is 24.3 Å². The normalized spacial score (nSPS) is 12.3. The molecule has 1 unspecified atom stereocenters. The molecule has 0 aliphatic carbocycles. The fourth-order valence-electron chi connectivity index (χ4n) is 2.87. The van der Waals surface area contributed by atoms with Gasteiger partial charge < -0.3 is 14.8 Å². The van der Waals surface area contributed by atoms with E-state index in [1.165, 1.54) is 0 Å². The molecule has 2 heterocycles. The third-order valence-electron chi connectivity index (χ3n) is 3.84. The Balaban J connectivity index is 2.21. The van der Waals surface area contributed by atoms with Crippen LogP contribution >= 0.6 is 0 Å². The van der Waals surface area contributed by atoms with Crippen molar-refractivity contribution >= 4 is 11.7 Å². The number of imidazole rings is 1. The number of fused-ring (bicyclic) bond motifs is 1. The summed E-state index contributed by atoms with van der Waals surface area (Å²) in [5, 5.41) is 11.9. The van der Waals surface area contributed by atoms with E-state index in [4.69, 9.17) is 0 Å². The molecule has 0 bridgehead atoms. The van der Waals surface area contributed by atoms with Crippen molar-refractivity contribution in [3.63, 3.8) is 0 Å². The van der Waals surface area contributed by atoms with Gasteiger partial charge in [-0.3, -0.25) is 0 Å². The molecule has 1 amide bonds. The van der Waals surface area contributed by atoms with Crippen LogP contribution in [0.25, 0.3) is 5.65 Å². The smallest absolute Gasteiger partial charge is 0.405 e. The Kier molecular flexibility index (Phi) is 3.55. The Morgan fingerprint density at radius 1 is 1.18 bits per heavy atom. The van der Waals surface area contributed by atoms with Gasteiger partial charge in [0.15, 0.2) is 0 Å². The van der Waals surface area contributed by atoms with Crippen molar-refractivity contribution in [3.05, 3.63) is 71.2 Å². The maximum Gasteiger partial charge on any atom is 0.405 e. The number of hydrogen-bond donors (Lipinski definition) is 2. The minimum absolute atomic E-state index is 0.462. The zero-order valence-electron chi connectivity index (χ0n) is 12.4. The number of rotatable bonds is 3. The van der Waals surface area contributed by atoms with Gasteiger partial charge in [-0.25, -0.2) is 9.78 Å². The van der Waals surface area contributed by atoms with Gasteiger partial charge >= 0.3 is 6.09 Å². The van der Waals surface area contributed by atoms with E-state index in [0.717, 1.165) is 28.0 Å². The van der Waals surface area contributed by atoms with E-state index in [1.807, 2.05) is 60.8 Å². The van der Waals surface area contributed by atoms with Crippen LogP contribution < -0.4 is 5.32 Å². The number of carbonyl (C=O) groups is 1. The highest BCUT2D eigenvalue weighted by Gasteiger charge is 2.23. The van der Waals surface area contributed by atoms with Gasteiger partial charge in [0.1, 0.15) is 11.7 Å². The average Bonchev–Trinajstić information content (AvgIpc) is 2.89. The molecule has 0 spiro atoms. The summed E-state index contributed by atoms with van der Waals surface area (Å²) in [5.41, 5.74) is 4.65. The maximum absolute atomic E-state index is 11.3. The van der Waals surface area contributed by atoms with Crippen molar-refractivity contribution in [2.75, 3.05) is 0 Å². The SMILES string of the molecule is Cc1cccc(C)c1C(NC(=O)O)c1cnc2ccccn12. The molecule has 2 N–H and O–H groups in total. The largest absolute Gasteiger partial charge is 0.465 e. The molecular weight excluding hydrogens is 278 g/mol. The Hall–Kier alpha value is -2.82. The highest BCUT2D eigenvalue weighted by Crippen LogP contribution is 2.28. The van der Waals surface area contributed by atoms with Crippen LogP contribution in [0.5, 0.6) is 0 Å². The highest BCUT2D eigenvalue weighted by molar-refractivity contribution is 5.66. The van der Waals surface area contributed by atoms with E-state index in [-0.39, 0.29) is 0 Å². The molecule has 3 aromatic rings. The first-order valence-corrected chi connectivity index (χ1v) is 7.05. The number of benzene rings is 1. The van der Waals surface area contributed by atoms with Gasteiger partial charge in [-0.05, 0) is 42.7 Å². The zero-order valence-corrected chi connectivity index (χ0v) is 12.4. The van der Waals surface area contributed by atoms with Crippen LogP contribution in [0.15, 0.2) is 48.8 Å². The first-order chi connectivity index (χ1) is 10.6. The number of aromatic nitrogens is 2. The summed E-state index contributed by atoms with van der Waals surface area (Å²) in [5.74, 6) is 0. The van der Waals surface area contributed by atoms with Gasteiger partial charge in [0, 0.05) is 6.20 Å². The predicted octanol–water partition coefficient (Wildman–Crippen LogP) is 3.31. The van der Waals surface area contributed by atoms with Crippen molar-refractivity contribution in [1.82, 2.24) is 14.7 Å². The first kappa shape index (κ1) is 14.1. The van der Waals surface area contributed by atoms with Crippen molar-refractivity contribution < 1.29 is 9.90 Å². The van der Waals surface area contributed by atoms with E-state index in [0.29, 0.717) is 0 Å². The molecule has 1 atom stereocenters. The lowest BCUT2D eigenvalue weighted by Gasteiger charge is -2.21. The maximum atomic E-state index is 11.3. The van der Waals surface area contributed by atoms with Gasteiger partial charge in [0.2, 0.25) is 0 Å². The van der Waals surface area contributed by atoms with Crippen molar-refractivity contribution in [2.45, 2.75) is 19.9 Å². The van der Waals surface area contributed by atoms with Crippen LogP contribution in [-0.4, -0.2) is 20.6 Å². The lowest BCUT2D eigenvalue weighted by atomic mass is 9.94. The second-order valence-corrected chi connectivity index (χ2v) is 5.30. The van der Waals surface area contributed by atoms with Crippen molar-refractivity contribution in [1.29, 1.82) is 0 Å². The Morgan fingerprint density at radius 3 is 2.59 bits per heavy atom. The number of nitrogens with zero attached hydrogens (tertiary/aromatic N) is 2. The minimum atomic E-state index is -1.06. The molecule has 0 radical (unpaired) electrons. The summed E-state index contributed by atoms with van der Waals surface area (Å²) in [6.45, 7) is 3.98. The minimum Gasteiger partial charge on any atom is -0.465 e. The quantitative estimate of drug-likeness (QED) is 0.779. The molecule has 5 heteroatoms. The second-order valence-electron chi connectivity index (χ2n) is 5.30. The standard InChI is InChI=1S/C17H17N3O2/c1-11-6-5-7-12(2)15(11)16(19-17(21)22)13-10-18-14-8-3-4-9-20(13)14/h3-10,16,19H,1-2H3,(H,21,22). The monoisotopic (exact) mass is 295 g/mol. The number of aryl methyl sites for hydroxylation is 2. The third kappa shape index (κ3) is 2.41. The number of pyridine rings is 1. The number of hydrogen-bond acceptors (Lipinski definition) is 2. The van der Waals surface area contributed by atoms with Crippen LogP contribution in [-0.2, 0) is 0 Å². The topological polar surface area (TPSA) is 66.6 Å². The fraction of sp³-hybridized carbons (Fsp3) is 0.176. The molecular formula is C17H17N3O2. The lowest BCUT2D eigenvalue weighted by Crippen LogP contribution is -2.29. The van der Waals surface area contributed by atoms with Crippen LogP contribution in [0.3, 0.4) is 0 Å². The summed E-state index contributed by atoms with van der Waals surface area (Å²) >= 11 is 0. The molecule has 3 rings (SSSR count). The van der Waals surface area contributed by atoms with Crippen LogP contribution in [0.4, 0.5) is 4.79 Å². The van der Waals surface area contributed by atoms with Crippen LogP contribution in [0.1, 0.15) is 28.4 Å². The summed E-state index contributed by atoms with van der Waals surface area (Å²) < 4.78 is 1.91. The second kappa shape index (κ2) is 5.52. The number of carboxylic acid groups (broad SMARTS) is 1. The van der Waals surface area contributed by atoms with Crippen molar-refractivity contribution in [2.24, 2.45) is 0 Å². The summed E-state index contributed by atoms with van der Waals surface area (Å²) in [7, 11) is 0. The molecule has 112 valence electrons. The Morgan fingerprint density at radius 2 is 1.91 bits per heavy atom. The summed E-state index contributed by atoms with van der Waals surface area (Å²) in [6, 6.07) is 11.2. The summed E-state index contributed by atoms with van der Waals surface area (Å²) in [6.07, 6.45) is 2.56. The van der Waals surface area contributed by atoms with E-state index in [2.05, 4.69) is 10.3 Å². The fourth-order valence-corrected chi connectivity index (χ4v) is 2.87. The molecule has 1 aromatic carbocycles. The predicted molar refractivity (Wildman–Crippen MR) is 84.1 cm³/mol. The lowest BCUT2D eigenvalue weighted by molar-refractivity contribution is 0.191. The molecule has 22 heavy (non-hydrogen) atoms. The third-order valence-corrected chi connectivity index (χ3v) is 3.84. The molecule has 0 fully saturated rings. The number of nitrogens with one attached hydrogen (secondary N) is 1. The van der Waals surface area contributed by atoms with Crippen molar-refractivity contribution in [3.8, 4) is 0 Å². The Bertz CT molecular complexity index is 819. The molecule has 0 saturated carbocycles. The zero-order chi connectivity index (χ0) is 15.7. The van der Waals surface area contributed by atoms with E-state index >= 15 is 0 Å². The molecule has 5 nitrogen and oxygen atoms in total. The van der Waals surface area contributed by atoms with E-state index in [9.17, 15) is 9.90 Å². The molecule has 0 aliphatic heterocycles. The van der Waals surface area contributed by atoms with Crippen LogP contribution in [0, 0.1) is 13.8 Å². The highest BCUT2D eigenvalue weighted by atomic mass is 16.4. The first-order valence-electron chi connectivity index (χ1n) is 7.05. The van der Waals surface area contributed by atoms with Crippen LogP contribution in [0.2, 0.25) is 0 Å². The van der Waals surface area contributed by atoms with Gasteiger partial charge in [-0.15, -0.1) is 0 Å². The average molecular weight is 295 g/mol. The Labute approximate surface area is 128 Å². The summed E-state index contributed by atoms with van der Waals surface area (Å²) in [4.78, 5) is 15.7. The van der Waals surface area contributed by atoms with Gasteiger partial charge in [0.05, 0.1) is 11.9 Å². The van der Waals surface area contributed by atoms with E-state index in [1.54, 1.807) is 6.20 Å².